The van der Waals surface area contributed by atoms with Gasteiger partial charge in [0.25, 0.3) is 0 Å². The number of hydrogen-bond donors (Lipinski definition) is 2. The lowest BCUT2D eigenvalue weighted by atomic mass is 10.2. The standard InChI is InChI=1S/C19H14FN5S/c20-12-5-3-4-11(10-12)15-8-9-16(26-15)17-23-18(21)24-19-22-13-6-1-2-7-14(13)25(17)19/h1-10,17H,(H3,21,22,23,24). The van der Waals surface area contributed by atoms with Crippen molar-refractivity contribution in [3.8, 4) is 10.4 Å². The van der Waals surface area contributed by atoms with Crippen LogP contribution in [0.4, 0.5) is 10.3 Å². The van der Waals surface area contributed by atoms with Crippen LogP contribution in [0.2, 0.25) is 0 Å². The summed E-state index contributed by atoms with van der Waals surface area (Å²) in [6.07, 6.45) is -0.300. The number of nitrogens with two attached hydrogens (primary N) is 1. The molecule has 3 heterocycles. The van der Waals surface area contributed by atoms with E-state index in [2.05, 4.69) is 15.3 Å². The lowest BCUT2D eigenvalue weighted by Gasteiger charge is -2.22. The first kappa shape index (κ1) is 15.1. The van der Waals surface area contributed by atoms with Gasteiger partial charge in [-0.15, -0.1) is 11.3 Å². The van der Waals surface area contributed by atoms with Crippen molar-refractivity contribution in [3.05, 3.63) is 71.4 Å². The molecule has 1 aliphatic rings. The van der Waals surface area contributed by atoms with Gasteiger partial charge in [-0.25, -0.2) is 14.4 Å². The molecule has 0 saturated heterocycles. The lowest BCUT2D eigenvalue weighted by molar-refractivity contribution is 0.628. The van der Waals surface area contributed by atoms with Gasteiger partial charge in [-0.3, -0.25) is 9.88 Å². The van der Waals surface area contributed by atoms with E-state index >= 15 is 0 Å². The number of anilines is 1. The van der Waals surface area contributed by atoms with E-state index in [1.807, 2.05) is 47.0 Å². The van der Waals surface area contributed by atoms with E-state index in [-0.39, 0.29) is 12.0 Å². The molecule has 1 aliphatic heterocycles. The fraction of sp³-hybridized carbons (Fsp3) is 0.0526. The Hall–Kier alpha value is -3.19. The maximum absolute atomic E-state index is 13.5. The zero-order chi connectivity index (χ0) is 17.7. The summed E-state index contributed by atoms with van der Waals surface area (Å²) in [4.78, 5) is 11.2. The number of benzene rings is 2. The molecule has 2 aromatic heterocycles. The van der Waals surface area contributed by atoms with E-state index in [1.54, 1.807) is 17.4 Å². The van der Waals surface area contributed by atoms with Crippen molar-refractivity contribution in [3.63, 3.8) is 0 Å². The van der Waals surface area contributed by atoms with Gasteiger partial charge >= 0.3 is 0 Å². The van der Waals surface area contributed by atoms with Gasteiger partial charge < -0.3 is 5.73 Å². The SMILES string of the molecule is NC1=NC(c2ccc(-c3cccc(F)c3)s2)n2c(nc3ccccc32)N1. The molecule has 3 N–H and O–H groups in total. The Bertz CT molecular complexity index is 1160. The highest BCUT2D eigenvalue weighted by atomic mass is 32.1. The van der Waals surface area contributed by atoms with Gasteiger partial charge in [0.1, 0.15) is 5.82 Å². The Labute approximate surface area is 152 Å². The summed E-state index contributed by atoms with van der Waals surface area (Å²) in [7, 11) is 0. The van der Waals surface area contributed by atoms with Crippen molar-refractivity contribution in [1.82, 2.24) is 9.55 Å². The number of aliphatic imine (C=N–C) groups is 1. The molecular weight excluding hydrogens is 349 g/mol. The largest absolute Gasteiger partial charge is 0.370 e. The number of rotatable bonds is 2. The van der Waals surface area contributed by atoms with Crippen molar-refractivity contribution in [2.24, 2.45) is 10.7 Å². The maximum Gasteiger partial charge on any atom is 0.212 e. The topological polar surface area (TPSA) is 68.2 Å². The van der Waals surface area contributed by atoms with E-state index in [0.29, 0.717) is 11.9 Å². The highest BCUT2D eigenvalue weighted by molar-refractivity contribution is 7.15. The van der Waals surface area contributed by atoms with Crippen molar-refractivity contribution in [1.29, 1.82) is 0 Å². The van der Waals surface area contributed by atoms with Gasteiger partial charge in [0.05, 0.1) is 15.9 Å². The molecule has 7 heteroatoms. The van der Waals surface area contributed by atoms with Crippen LogP contribution in [0.3, 0.4) is 0 Å². The summed E-state index contributed by atoms with van der Waals surface area (Å²) in [5, 5.41) is 3.03. The fourth-order valence-corrected chi connectivity index (χ4v) is 4.23. The number of halogens is 1. The number of para-hydroxylation sites is 2. The molecule has 4 aromatic rings. The number of imidazole rings is 1. The second kappa shape index (κ2) is 5.67. The highest BCUT2D eigenvalue weighted by Crippen LogP contribution is 2.38. The molecule has 0 radical (unpaired) electrons. The Balaban J connectivity index is 1.64. The zero-order valence-corrected chi connectivity index (χ0v) is 14.4. The molecule has 26 heavy (non-hydrogen) atoms. The highest BCUT2D eigenvalue weighted by Gasteiger charge is 2.26. The maximum atomic E-state index is 13.5. The molecule has 1 unspecified atom stereocenters. The number of nitrogens with one attached hydrogen (secondary N) is 1. The van der Waals surface area contributed by atoms with Crippen LogP contribution in [0.25, 0.3) is 21.5 Å². The third-order valence-electron chi connectivity index (χ3n) is 4.33. The lowest BCUT2D eigenvalue weighted by Crippen LogP contribution is -2.31. The molecule has 0 amide bonds. The zero-order valence-electron chi connectivity index (χ0n) is 13.6. The van der Waals surface area contributed by atoms with Gasteiger partial charge in [-0.05, 0) is 42.0 Å². The van der Waals surface area contributed by atoms with Crippen LogP contribution in [-0.2, 0) is 0 Å². The quantitative estimate of drug-likeness (QED) is 0.561. The van der Waals surface area contributed by atoms with Crippen LogP contribution in [0, 0.1) is 5.82 Å². The normalized spacial score (nSPS) is 16.2. The number of guanidine groups is 1. The first-order chi connectivity index (χ1) is 12.7. The average molecular weight is 363 g/mol. The van der Waals surface area contributed by atoms with Crippen molar-refractivity contribution < 1.29 is 4.39 Å². The first-order valence-corrected chi connectivity index (χ1v) is 8.93. The fourth-order valence-electron chi connectivity index (χ4n) is 3.20. The first-order valence-electron chi connectivity index (χ1n) is 8.12. The molecule has 1 atom stereocenters. The van der Waals surface area contributed by atoms with E-state index in [9.17, 15) is 4.39 Å². The summed E-state index contributed by atoms with van der Waals surface area (Å²) in [6.45, 7) is 0. The van der Waals surface area contributed by atoms with Crippen molar-refractivity contribution >= 4 is 34.3 Å². The van der Waals surface area contributed by atoms with Crippen molar-refractivity contribution in [2.45, 2.75) is 6.17 Å². The summed E-state index contributed by atoms with van der Waals surface area (Å²) in [5.74, 6) is 0.757. The van der Waals surface area contributed by atoms with Gasteiger partial charge in [-0.2, -0.15) is 0 Å². The molecule has 2 aromatic carbocycles. The van der Waals surface area contributed by atoms with Gasteiger partial charge in [-0.1, -0.05) is 24.3 Å². The summed E-state index contributed by atoms with van der Waals surface area (Å²) in [6, 6.07) is 18.5. The minimum absolute atomic E-state index is 0.246. The minimum Gasteiger partial charge on any atom is -0.370 e. The Morgan fingerprint density at radius 3 is 2.85 bits per heavy atom. The summed E-state index contributed by atoms with van der Waals surface area (Å²) < 4.78 is 15.6. The number of thiophene rings is 1. The summed E-state index contributed by atoms with van der Waals surface area (Å²) >= 11 is 1.57. The molecule has 0 spiro atoms. The third kappa shape index (κ3) is 2.36. The predicted octanol–water partition coefficient (Wildman–Crippen LogP) is 4.19. The summed E-state index contributed by atoms with van der Waals surface area (Å²) in [5.41, 5.74) is 8.69. The minimum atomic E-state index is -0.300. The van der Waals surface area contributed by atoms with E-state index in [0.717, 1.165) is 26.4 Å². The van der Waals surface area contributed by atoms with Crippen LogP contribution in [0.15, 0.2) is 65.7 Å². The number of hydrogen-bond acceptors (Lipinski definition) is 5. The molecule has 0 saturated carbocycles. The number of aromatic nitrogens is 2. The average Bonchev–Trinajstić information content (AvgIpc) is 3.25. The van der Waals surface area contributed by atoms with Gasteiger partial charge in [0, 0.05) is 4.88 Å². The van der Waals surface area contributed by atoms with Crippen LogP contribution in [0.1, 0.15) is 11.0 Å². The molecule has 0 fully saturated rings. The van der Waals surface area contributed by atoms with E-state index < -0.39 is 0 Å². The Morgan fingerprint density at radius 2 is 1.96 bits per heavy atom. The van der Waals surface area contributed by atoms with Crippen LogP contribution in [0.5, 0.6) is 0 Å². The molecule has 0 aliphatic carbocycles. The van der Waals surface area contributed by atoms with E-state index in [1.165, 1.54) is 12.1 Å². The smallest absolute Gasteiger partial charge is 0.212 e. The Morgan fingerprint density at radius 1 is 1.08 bits per heavy atom. The van der Waals surface area contributed by atoms with Crippen LogP contribution >= 0.6 is 11.3 Å². The third-order valence-corrected chi connectivity index (χ3v) is 5.51. The molecule has 128 valence electrons. The van der Waals surface area contributed by atoms with Gasteiger partial charge in [0.15, 0.2) is 12.1 Å². The molecular formula is C19H14FN5S. The van der Waals surface area contributed by atoms with Crippen LogP contribution in [-0.4, -0.2) is 15.5 Å². The molecule has 0 bridgehead atoms. The predicted molar refractivity (Wildman–Crippen MR) is 103 cm³/mol. The number of nitrogens with zero attached hydrogens (tertiary/aromatic N) is 3. The number of fused-ring (bicyclic) bond motifs is 3. The van der Waals surface area contributed by atoms with Crippen LogP contribution < -0.4 is 11.1 Å². The van der Waals surface area contributed by atoms with Gasteiger partial charge in [0.2, 0.25) is 5.95 Å². The second-order valence-electron chi connectivity index (χ2n) is 6.02. The monoisotopic (exact) mass is 363 g/mol. The molecule has 5 nitrogen and oxygen atoms in total. The molecule has 5 rings (SSSR count). The van der Waals surface area contributed by atoms with Crippen molar-refractivity contribution in [2.75, 3.05) is 5.32 Å². The second-order valence-corrected chi connectivity index (χ2v) is 7.13. The Kier molecular flexibility index (Phi) is 3.29. The van der Waals surface area contributed by atoms with E-state index in [4.69, 9.17) is 5.73 Å².